The maximum Gasteiger partial charge on any atom is 0.123 e. The third-order valence-electron chi connectivity index (χ3n) is 2.34. The van der Waals surface area contributed by atoms with Crippen molar-refractivity contribution in [1.29, 1.82) is 0 Å². The minimum Gasteiger partial charge on any atom is -0.464 e. The van der Waals surface area contributed by atoms with Crippen molar-refractivity contribution in [3.8, 4) is 0 Å². The molecule has 0 aliphatic heterocycles. The number of rotatable bonds is 4. The van der Waals surface area contributed by atoms with Crippen molar-refractivity contribution in [3.63, 3.8) is 0 Å². The van der Waals surface area contributed by atoms with E-state index in [0.717, 1.165) is 17.1 Å². The Balaban J connectivity index is 2.08. The summed E-state index contributed by atoms with van der Waals surface area (Å²) in [4.78, 5) is 0. The zero-order valence-corrected chi connectivity index (χ0v) is 9.16. The fraction of sp³-hybridized carbons (Fsp3) is 0.231. The maximum atomic E-state index is 13.0. The third kappa shape index (κ3) is 2.70. The lowest BCUT2D eigenvalue weighted by Gasteiger charge is -1.98. The number of hydrogen-bond acceptors (Lipinski definition) is 2. The van der Waals surface area contributed by atoms with Gasteiger partial charge in [-0.15, -0.1) is 0 Å². The number of nitrogens with one attached hydrogen (secondary N) is 1. The van der Waals surface area contributed by atoms with Crippen molar-refractivity contribution < 1.29 is 8.81 Å². The van der Waals surface area contributed by atoms with E-state index in [0.29, 0.717) is 13.0 Å². The molecule has 3 heteroatoms. The molecule has 1 aromatic heterocycles. The van der Waals surface area contributed by atoms with Crippen LogP contribution in [0.15, 0.2) is 40.8 Å². The van der Waals surface area contributed by atoms with Crippen molar-refractivity contribution in [2.45, 2.75) is 13.0 Å². The van der Waals surface area contributed by atoms with Gasteiger partial charge in [-0.25, -0.2) is 4.39 Å². The molecule has 0 aliphatic rings. The Labute approximate surface area is 94.1 Å². The molecule has 1 aromatic carbocycles. The molecule has 1 heterocycles. The van der Waals surface area contributed by atoms with Gasteiger partial charge in [0.15, 0.2) is 0 Å². The second-order valence-corrected chi connectivity index (χ2v) is 3.71. The third-order valence-corrected chi connectivity index (χ3v) is 2.34. The van der Waals surface area contributed by atoms with Gasteiger partial charge >= 0.3 is 0 Å². The molecule has 0 fully saturated rings. The summed E-state index contributed by atoms with van der Waals surface area (Å²) in [6.07, 6.45) is 0.626. The molecule has 0 saturated heterocycles. The lowest BCUT2D eigenvalue weighted by Crippen LogP contribution is -2.03. The van der Waals surface area contributed by atoms with Gasteiger partial charge in [-0.1, -0.05) is 12.1 Å². The molecule has 1 N–H and O–H groups in total. The number of furan rings is 1. The van der Waals surface area contributed by atoms with E-state index in [9.17, 15) is 4.39 Å². The highest BCUT2D eigenvalue weighted by molar-refractivity contribution is 5.22. The van der Waals surface area contributed by atoms with Crippen molar-refractivity contribution in [2.75, 3.05) is 7.05 Å². The monoisotopic (exact) mass is 219 g/mol. The van der Waals surface area contributed by atoms with Crippen LogP contribution in [0.1, 0.15) is 17.1 Å². The average molecular weight is 219 g/mol. The van der Waals surface area contributed by atoms with Crippen molar-refractivity contribution in [1.82, 2.24) is 5.32 Å². The maximum absolute atomic E-state index is 13.0. The number of benzene rings is 1. The summed E-state index contributed by atoms with van der Waals surface area (Å²) >= 11 is 0. The van der Waals surface area contributed by atoms with Crippen LogP contribution in [-0.4, -0.2) is 7.05 Å². The van der Waals surface area contributed by atoms with Crippen LogP contribution in [0.25, 0.3) is 0 Å². The van der Waals surface area contributed by atoms with Gasteiger partial charge in [0.05, 0.1) is 6.54 Å². The minimum absolute atomic E-state index is 0.209. The summed E-state index contributed by atoms with van der Waals surface area (Å²) in [6.45, 7) is 0.711. The molecule has 0 aliphatic carbocycles. The van der Waals surface area contributed by atoms with E-state index >= 15 is 0 Å². The average Bonchev–Trinajstić information content (AvgIpc) is 2.66. The molecule has 2 nitrogen and oxygen atoms in total. The highest BCUT2D eigenvalue weighted by Gasteiger charge is 2.03. The molecule has 0 radical (unpaired) electrons. The molecule has 0 spiro atoms. The van der Waals surface area contributed by atoms with Gasteiger partial charge in [0, 0.05) is 6.42 Å². The Morgan fingerprint density at radius 3 is 2.75 bits per heavy atom. The van der Waals surface area contributed by atoms with E-state index in [1.165, 1.54) is 12.1 Å². The van der Waals surface area contributed by atoms with Crippen molar-refractivity contribution in [3.05, 3.63) is 59.3 Å². The first-order chi connectivity index (χ1) is 7.78. The lowest BCUT2D eigenvalue weighted by molar-refractivity contribution is 0.462. The van der Waals surface area contributed by atoms with E-state index < -0.39 is 0 Å². The first kappa shape index (κ1) is 10.9. The summed E-state index contributed by atoms with van der Waals surface area (Å²) in [5.41, 5.74) is 0.922. The second kappa shape index (κ2) is 4.94. The van der Waals surface area contributed by atoms with E-state index in [4.69, 9.17) is 4.42 Å². The van der Waals surface area contributed by atoms with Gasteiger partial charge in [0.25, 0.3) is 0 Å². The highest BCUT2D eigenvalue weighted by atomic mass is 19.1. The van der Waals surface area contributed by atoms with Crippen LogP contribution in [0.5, 0.6) is 0 Å². The first-order valence-corrected chi connectivity index (χ1v) is 5.24. The zero-order valence-electron chi connectivity index (χ0n) is 9.16. The van der Waals surface area contributed by atoms with E-state index in [1.54, 1.807) is 6.07 Å². The van der Waals surface area contributed by atoms with Crippen molar-refractivity contribution >= 4 is 0 Å². The van der Waals surface area contributed by atoms with Crippen LogP contribution in [0, 0.1) is 5.82 Å². The van der Waals surface area contributed by atoms with Crippen LogP contribution in [0.2, 0.25) is 0 Å². The summed E-state index contributed by atoms with van der Waals surface area (Å²) in [5, 5.41) is 3.02. The Morgan fingerprint density at radius 1 is 1.19 bits per heavy atom. The first-order valence-electron chi connectivity index (χ1n) is 5.24. The van der Waals surface area contributed by atoms with E-state index in [-0.39, 0.29) is 5.82 Å². The highest BCUT2D eigenvalue weighted by Crippen LogP contribution is 2.14. The van der Waals surface area contributed by atoms with Crippen LogP contribution in [0.3, 0.4) is 0 Å². The van der Waals surface area contributed by atoms with Crippen molar-refractivity contribution in [2.24, 2.45) is 0 Å². The fourth-order valence-electron chi connectivity index (χ4n) is 1.63. The Hall–Kier alpha value is -1.61. The van der Waals surface area contributed by atoms with Gasteiger partial charge < -0.3 is 9.73 Å². The summed E-state index contributed by atoms with van der Waals surface area (Å²) < 4.78 is 18.5. The molecule has 0 amide bonds. The molecule has 84 valence electrons. The minimum atomic E-state index is -0.209. The number of halogens is 1. The molecule has 16 heavy (non-hydrogen) atoms. The Bertz CT molecular complexity index is 464. The van der Waals surface area contributed by atoms with Gasteiger partial charge in [-0.3, -0.25) is 0 Å². The van der Waals surface area contributed by atoms with Crippen LogP contribution in [-0.2, 0) is 13.0 Å². The van der Waals surface area contributed by atoms with E-state index in [2.05, 4.69) is 5.32 Å². The fourth-order valence-corrected chi connectivity index (χ4v) is 1.63. The second-order valence-electron chi connectivity index (χ2n) is 3.71. The molecule has 2 aromatic rings. The molecule has 0 unspecified atom stereocenters. The lowest BCUT2D eigenvalue weighted by atomic mass is 10.1. The van der Waals surface area contributed by atoms with Gasteiger partial charge in [-0.05, 0) is 36.9 Å². The Morgan fingerprint density at radius 2 is 2.00 bits per heavy atom. The molecular weight excluding hydrogens is 205 g/mol. The number of hydrogen-bond donors (Lipinski definition) is 1. The molecule has 0 atom stereocenters. The molecule has 0 saturated carbocycles. The van der Waals surface area contributed by atoms with Gasteiger partial charge in [-0.2, -0.15) is 0 Å². The summed E-state index contributed by atoms with van der Waals surface area (Å²) in [6, 6.07) is 10.4. The quantitative estimate of drug-likeness (QED) is 0.855. The largest absolute Gasteiger partial charge is 0.464 e. The predicted molar refractivity (Wildman–Crippen MR) is 60.7 cm³/mol. The van der Waals surface area contributed by atoms with Crippen LogP contribution >= 0.6 is 0 Å². The SMILES string of the molecule is CNCc1ccc(Cc2cccc(F)c2)o1. The summed E-state index contributed by atoms with van der Waals surface area (Å²) in [7, 11) is 1.87. The van der Waals surface area contributed by atoms with Gasteiger partial charge in [0.1, 0.15) is 17.3 Å². The molecular formula is C13H14FNO. The zero-order chi connectivity index (χ0) is 11.4. The van der Waals surface area contributed by atoms with E-state index in [1.807, 2.05) is 25.2 Å². The molecule has 2 rings (SSSR count). The normalized spacial score (nSPS) is 10.6. The predicted octanol–water partition coefficient (Wildman–Crippen LogP) is 2.73. The standard InChI is InChI=1S/C13H14FNO/c1-15-9-13-6-5-12(16-13)8-10-3-2-4-11(14)7-10/h2-7,15H,8-9H2,1H3. The van der Waals surface area contributed by atoms with Crippen LogP contribution < -0.4 is 5.32 Å². The summed E-state index contributed by atoms with van der Waals surface area (Å²) in [5.74, 6) is 1.55. The smallest absolute Gasteiger partial charge is 0.123 e. The van der Waals surface area contributed by atoms with Crippen LogP contribution in [0.4, 0.5) is 4.39 Å². The van der Waals surface area contributed by atoms with Gasteiger partial charge in [0.2, 0.25) is 0 Å². The molecule has 0 bridgehead atoms. The Kier molecular flexibility index (Phi) is 3.37. The topological polar surface area (TPSA) is 25.2 Å².